The van der Waals surface area contributed by atoms with Gasteiger partial charge in [-0.15, -0.1) is 0 Å². The fourth-order valence-corrected chi connectivity index (χ4v) is 2.67. The van der Waals surface area contributed by atoms with Crippen LogP contribution in [0.4, 0.5) is 4.39 Å². The summed E-state index contributed by atoms with van der Waals surface area (Å²) < 4.78 is 24.2. The van der Waals surface area contributed by atoms with Gasteiger partial charge in [-0.1, -0.05) is 12.1 Å². The summed E-state index contributed by atoms with van der Waals surface area (Å²) in [6.45, 7) is -0.517. The largest absolute Gasteiger partial charge is 0.493 e. The molecule has 0 radical (unpaired) electrons. The highest BCUT2D eigenvalue weighted by molar-refractivity contribution is 9.10. The first-order valence-corrected chi connectivity index (χ1v) is 7.83. The van der Waals surface area contributed by atoms with Crippen LogP contribution in [-0.4, -0.2) is 24.8 Å². The molecule has 0 heterocycles. The van der Waals surface area contributed by atoms with Crippen LogP contribution in [-0.2, 0) is 4.79 Å². The average molecular weight is 406 g/mol. The molecule has 7 heteroatoms. The maximum atomic E-state index is 13.4. The highest BCUT2D eigenvalue weighted by Gasteiger charge is 2.13. The van der Waals surface area contributed by atoms with Crippen LogP contribution in [0.25, 0.3) is 11.6 Å². The van der Waals surface area contributed by atoms with Crippen molar-refractivity contribution in [2.75, 3.05) is 13.7 Å². The third-order valence-corrected chi connectivity index (χ3v) is 3.75. The van der Waals surface area contributed by atoms with E-state index in [1.165, 1.54) is 25.3 Å². The number of nitriles is 1. The molecule has 0 aliphatic rings. The van der Waals surface area contributed by atoms with Crippen molar-refractivity contribution in [2.45, 2.75) is 0 Å². The summed E-state index contributed by atoms with van der Waals surface area (Å²) in [4.78, 5) is 10.7. The van der Waals surface area contributed by atoms with Gasteiger partial charge in [-0.3, -0.25) is 0 Å². The number of rotatable bonds is 6. The Balaban J connectivity index is 2.43. The molecule has 128 valence electrons. The summed E-state index contributed by atoms with van der Waals surface area (Å²) >= 11 is 3.30. The molecule has 0 bridgehead atoms. The van der Waals surface area contributed by atoms with Crippen molar-refractivity contribution in [3.8, 4) is 17.6 Å². The zero-order valence-corrected chi connectivity index (χ0v) is 14.7. The van der Waals surface area contributed by atoms with Crippen LogP contribution in [0.2, 0.25) is 0 Å². The molecule has 0 aromatic heterocycles. The van der Waals surface area contributed by atoms with E-state index >= 15 is 0 Å². The van der Waals surface area contributed by atoms with Crippen molar-refractivity contribution >= 4 is 33.5 Å². The Bertz CT molecular complexity index is 874. The third kappa shape index (κ3) is 4.81. The second-order valence-electron chi connectivity index (χ2n) is 4.90. The summed E-state index contributed by atoms with van der Waals surface area (Å²) in [5.74, 6) is -1.00. The monoisotopic (exact) mass is 405 g/mol. The van der Waals surface area contributed by atoms with Crippen molar-refractivity contribution in [1.82, 2.24) is 0 Å². The molecule has 0 amide bonds. The first-order chi connectivity index (χ1) is 11.9. The van der Waals surface area contributed by atoms with Gasteiger partial charge in [0.05, 0.1) is 23.2 Å². The number of carboxylic acid groups (broad SMARTS) is 1. The van der Waals surface area contributed by atoms with Gasteiger partial charge >= 0.3 is 5.97 Å². The van der Waals surface area contributed by atoms with E-state index in [-0.39, 0.29) is 11.3 Å². The molecule has 0 atom stereocenters. The second-order valence-corrected chi connectivity index (χ2v) is 5.75. The number of carbonyl (C=O) groups is 1. The lowest BCUT2D eigenvalue weighted by Gasteiger charge is -2.12. The highest BCUT2D eigenvalue weighted by atomic mass is 79.9. The van der Waals surface area contributed by atoms with Gasteiger partial charge in [0, 0.05) is 0 Å². The van der Waals surface area contributed by atoms with E-state index in [2.05, 4.69) is 15.9 Å². The molecule has 5 nitrogen and oxygen atoms in total. The maximum absolute atomic E-state index is 13.4. The predicted octanol–water partition coefficient (Wildman–Crippen LogP) is 4.12. The number of carboxylic acids is 1. The minimum absolute atomic E-state index is 0.242. The quantitative estimate of drug-likeness (QED) is 0.577. The van der Waals surface area contributed by atoms with E-state index < -0.39 is 18.4 Å². The topological polar surface area (TPSA) is 79.5 Å². The highest BCUT2D eigenvalue weighted by Crippen LogP contribution is 2.37. The molecule has 1 N–H and O–H groups in total. The van der Waals surface area contributed by atoms with E-state index in [1.54, 1.807) is 24.3 Å². The Hall–Kier alpha value is -2.85. The van der Waals surface area contributed by atoms with Crippen LogP contribution < -0.4 is 9.47 Å². The summed E-state index contributed by atoms with van der Waals surface area (Å²) in [7, 11) is 1.42. The fraction of sp³-hybridized carbons (Fsp3) is 0.111. The maximum Gasteiger partial charge on any atom is 0.341 e. The first-order valence-electron chi connectivity index (χ1n) is 7.04. The van der Waals surface area contributed by atoms with Gasteiger partial charge in [0.2, 0.25) is 0 Å². The average Bonchev–Trinajstić information content (AvgIpc) is 2.58. The summed E-state index contributed by atoms with van der Waals surface area (Å²) in [5, 5.41) is 18.1. The molecule has 0 aliphatic heterocycles. The number of methoxy groups -OCH3 is 1. The molecular formula is C18H13BrFNO4. The van der Waals surface area contributed by atoms with Gasteiger partial charge < -0.3 is 14.6 Å². The molecule has 0 saturated carbocycles. The lowest BCUT2D eigenvalue weighted by Crippen LogP contribution is -2.10. The molecule has 0 unspecified atom stereocenters. The Morgan fingerprint density at radius 3 is 2.76 bits per heavy atom. The van der Waals surface area contributed by atoms with Crippen molar-refractivity contribution < 1.29 is 23.8 Å². The normalized spacial score (nSPS) is 10.9. The minimum atomic E-state index is -1.12. The van der Waals surface area contributed by atoms with Crippen LogP contribution >= 0.6 is 15.9 Å². The zero-order valence-electron chi connectivity index (χ0n) is 13.1. The third-order valence-electron chi connectivity index (χ3n) is 3.16. The van der Waals surface area contributed by atoms with Crippen LogP contribution in [0, 0.1) is 17.1 Å². The lowest BCUT2D eigenvalue weighted by atomic mass is 10.0. The van der Waals surface area contributed by atoms with Gasteiger partial charge in [-0.25, -0.2) is 9.18 Å². The van der Waals surface area contributed by atoms with E-state index in [0.717, 1.165) is 0 Å². The molecular weight excluding hydrogens is 393 g/mol. The summed E-state index contributed by atoms with van der Waals surface area (Å²) in [6.07, 6.45) is 1.57. The van der Waals surface area contributed by atoms with Gasteiger partial charge in [0.15, 0.2) is 18.1 Å². The minimum Gasteiger partial charge on any atom is -0.493 e. The molecule has 0 saturated heterocycles. The van der Waals surface area contributed by atoms with Crippen LogP contribution in [0.3, 0.4) is 0 Å². The number of benzene rings is 2. The van der Waals surface area contributed by atoms with Crippen molar-refractivity contribution in [2.24, 2.45) is 0 Å². The van der Waals surface area contributed by atoms with Gasteiger partial charge in [0.25, 0.3) is 0 Å². The number of aliphatic carboxylic acids is 1. The fourth-order valence-electron chi connectivity index (χ4n) is 2.10. The van der Waals surface area contributed by atoms with E-state index in [0.29, 0.717) is 21.3 Å². The van der Waals surface area contributed by atoms with Crippen molar-refractivity contribution in [1.29, 1.82) is 5.26 Å². The zero-order chi connectivity index (χ0) is 18.4. The van der Waals surface area contributed by atoms with Gasteiger partial charge in [-0.2, -0.15) is 5.26 Å². The number of allylic oxidation sites excluding steroid dienone is 1. The van der Waals surface area contributed by atoms with Crippen LogP contribution in [0.5, 0.6) is 11.5 Å². The van der Waals surface area contributed by atoms with Crippen molar-refractivity contribution in [3.63, 3.8) is 0 Å². The molecule has 25 heavy (non-hydrogen) atoms. The smallest absolute Gasteiger partial charge is 0.341 e. The molecule has 2 aromatic rings. The second kappa shape index (κ2) is 8.31. The lowest BCUT2D eigenvalue weighted by molar-refractivity contribution is -0.139. The Labute approximate surface area is 152 Å². The number of ether oxygens (including phenoxy) is 2. The number of hydrogen-bond acceptors (Lipinski definition) is 4. The Morgan fingerprint density at radius 1 is 1.40 bits per heavy atom. The molecule has 2 rings (SSSR count). The standard InChI is InChI=1S/C18H13BrFNO4/c1-24-16-7-11(6-15(19)18(16)25-10-17(22)23)5-13(9-21)12-3-2-4-14(20)8-12/h2-8H,10H2,1H3,(H,22,23)/b13-5+. The van der Waals surface area contributed by atoms with Crippen LogP contribution in [0.15, 0.2) is 40.9 Å². The van der Waals surface area contributed by atoms with E-state index in [9.17, 15) is 14.4 Å². The first kappa shape index (κ1) is 18.5. The summed E-state index contributed by atoms with van der Waals surface area (Å²) in [5.41, 5.74) is 1.32. The van der Waals surface area contributed by atoms with E-state index in [4.69, 9.17) is 14.6 Å². The van der Waals surface area contributed by atoms with Crippen LogP contribution in [0.1, 0.15) is 11.1 Å². The van der Waals surface area contributed by atoms with Crippen molar-refractivity contribution in [3.05, 3.63) is 57.8 Å². The Kier molecular flexibility index (Phi) is 6.14. The molecule has 0 aliphatic carbocycles. The molecule has 0 fully saturated rings. The van der Waals surface area contributed by atoms with Gasteiger partial charge in [-0.05, 0) is 57.4 Å². The molecule has 0 spiro atoms. The number of nitrogens with zero attached hydrogens (tertiary/aromatic N) is 1. The van der Waals surface area contributed by atoms with E-state index in [1.807, 2.05) is 6.07 Å². The Morgan fingerprint density at radius 2 is 2.16 bits per heavy atom. The number of halogens is 2. The predicted molar refractivity (Wildman–Crippen MR) is 93.7 cm³/mol. The molecule has 2 aromatic carbocycles. The summed E-state index contributed by atoms with van der Waals surface area (Å²) in [6, 6.07) is 11.0. The number of hydrogen-bond donors (Lipinski definition) is 1. The SMILES string of the molecule is COc1cc(/C=C(\C#N)c2cccc(F)c2)cc(Br)c1OCC(=O)O. The van der Waals surface area contributed by atoms with Gasteiger partial charge in [0.1, 0.15) is 5.82 Å².